The summed E-state index contributed by atoms with van der Waals surface area (Å²) in [5.74, 6) is 0. The molecular formula is C18H21N3O. The number of hydrogen-bond donors (Lipinski definition) is 2. The highest BCUT2D eigenvalue weighted by atomic mass is 16.2. The van der Waals surface area contributed by atoms with Gasteiger partial charge < -0.3 is 15.5 Å². The predicted octanol–water partition coefficient (Wildman–Crippen LogP) is 3.63. The van der Waals surface area contributed by atoms with Crippen molar-refractivity contribution in [3.8, 4) is 0 Å². The first-order valence-electron chi connectivity index (χ1n) is 7.20. The predicted molar refractivity (Wildman–Crippen MR) is 92.2 cm³/mol. The molecule has 2 N–H and O–H groups in total. The number of carbonyl (C=O) groups excluding carboxylic acids is 1. The lowest BCUT2D eigenvalue weighted by molar-refractivity contribution is 0.253. The number of nitrogens with zero attached hydrogens (tertiary/aromatic N) is 1. The van der Waals surface area contributed by atoms with E-state index in [4.69, 9.17) is 0 Å². The Morgan fingerprint density at radius 1 is 1.14 bits per heavy atom. The Labute approximate surface area is 131 Å². The van der Waals surface area contributed by atoms with Crippen LogP contribution in [0.2, 0.25) is 0 Å². The quantitative estimate of drug-likeness (QED) is 0.799. The SMILES string of the molecule is C=CCNC(=O)Nc1ccccc1N(C)Cc1ccccc1. The Hall–Kier alpha value is -2.75. The highest BCUT2D eigenvalue weighted by Crippen LogP contribution is 2.25. The van der Waals surface area contributed by atoms with Crippen LogP contribution in [-0.4, -0.2) is 19.6 Å². The van der Waals surface area contributed by atoms with Crippen LogP contribution in [0.15, 0.2) is 67.3 Å². The van der Waals surface area contributed by atoms with Crippen LogP contribution in [0, 0.1) is 0 Å². The van der Waals surface area contributed by atoms with Crippen LogP contribution in [0.3, 0.4) is 0 Å². The molecule has 0 unspecified atom stereocenters. The van der Waals surface area contributed by atoms with Crippen molar-refractivity contribution in [1.29, 1.82) is 0 Å². The molecule has 22 heavy (non-hydrogen) atoms. The van der Waals surface area contributed by atoms with Gasteiger partial charge in [-0.3, -0.25) is 0 Å². The molecule has 0 spiro atoms. The van der Waals surface area contributed by atoms with Gasteiger partial charge in [-0.1, -0.05) is 48.5 Å². The van der Waals surface area contributed by atoms with E-state index in [1.807, 2.05) is 49.5 Å². The largest absolute Gasteiger partial charge is 0.369 e. The van der Waals surface area contributed by atoms with E-state index in [0.717, 1.165) is 17.9 Å². The minimum absolute atomic E-state index is 0.236. The highest BCUT2D eigenvalue weighted by Gasteiger charge is 2.09. The van der Waals surface area contributed by atoms with E-state index < -0.39 is 0 Å². The number of carbonyl (C=O) groups is 1. The van der Waals surface area contributed by atoms with Crippen molar-refractivity contribution in [3.05, 3.63) is 72.8 Å². The van der Waals surface area contributed by atoms with E-state index in [-0.39, 0.29) is 6.03 Å². The second-order valence-corrected chi connectivity index (χ2v) is 4.98. The molecule has 0 aromatic heterocycles. The zero-order valence-corrected chi connectivity index (χ0v) is 12.8. The molecule has 0 saturated heterocycles. The molecule has 2 aromatic rings. The van der Waals surface area contributed by atoms with E-state index in [1.165, 1.54) is 5.56 Å². The van der Waals surface area contributed by atoms with Gasteiger partial charge in [0.25, 0.3) is 0 Å². The first kappa shape index (κ1) is 15.6. The Morgan fingerprint density at radius 2 is 1.82 bits per heavy atom. The fraction of sp³-hybridized carbons (Fsp3) is 0.167. The molecule has 114 valence electrons. The Balaban J connectivity index is 2.10. The molecule has 0 aliphatic heterocycles. The van der Waals surface area contributed by atoms with Gasteiger partial charge in [0, 0.05) is 20.1 Å². The standard InChI is InChI=1S/C18H21N3O/c1-3-13-19-18(22)20-16-11-7-8-12-17(16)21(2)14-15-9-5-4-6-10-15/h3-12H,1,13-14H2,2H3,(H2,19,20,22). The van der Waals surface area contributed by atoms with E-state index in [1.54, 1.807) is 6.08 Å². The van der Waals surface area contributed by atoms with E-state index in [2.05, 4.69) is 34.2 Å². The summed E-state index contributed by atoms with van der Waals surface area (Å²) in [7, 11) is 2.01. The fourth-order valence-corrected chi connectivity index (χ4v) is 2.19. The van der Waals surface area contributed by atoms with Gasteiger partial charge in [0.1, 0.15) is 0 Å². The average molecular weight is 295 g/mol. The molecule has 0 heterocycles. The van der Waals surface area contributed by atoms with Gasteiger partial charge in [0.05, 0.1) is 11.4 Å². The second kappa shape index (κ2) is 7.88. The molecule has 0 bridgehead atoms. The Bertz CT molecular complexity index is 625. The van der Waals surface area contributed by atoms with Crippen molar-refractivity contribution in [1.82, 2.24) is 5.32 Å². The summed E-state index contributed by atoms with van der Waals surface area (Å²) in [6.45, 7) is 4.79. The van der Waals surface area contributed by atoms with Crippen LogP contribution in [0.25, 0.3) is 0 Å². The molecule has 2 rings (SSSR count). The average Bonchev–Trinajstić information content (AvgIpc) is 2.54. The molecule has 4 heteroatoms. The summed E-state index contributed by atoms with van der Waals surface area (Å²) >= 11 is 0. The highest BCUT2D eigenvalue weighted by molar-refractivity contribution is 5.93. The summed E-state index contributed by atoms with van der Waals surface area (Å²) in [4.78, 5) is 13.9. The van der Waals surface area contributed by atoms with Crippen LogP contribution in [0.1, 0.15) is 5.56 Å². The fourth-order valence-electron chi connectivity index (χ4n) is 2.19. The van der Waals surface area contributed by atoms with Crippen molar-refractivity contribution in [3.63, 3.8) is 0 Å². The molecule has 0 fully saturated rings. The summed E-state index contributed by atoms with van der Waals surface area (Å²) in [5, 5.41) is 5.58. The normalized spacial score (nSPS) is 9.86. The Kier molecular flexibility index (Phi) is 5.60. The monoisotopic (exact) mass is 295 g/mol. The number of rotatable bonds is 6. The first-order chi connectivity index (χ1) is 10.7. The lowest BCUT2D eigenvalue weighted by Crippen LogP contribution is -2.29. The van der Waals surface area contributed by atoms with Gasteiger partial charge in [-0.05, 0) is 17.7 Å². The minimum Gasteiger partial charge on any atom is -0.369 e. The number of hydrogen-bond acceptors (Lipinski definition) is 2. The van der Waals surface area contributed by atoms with E-state index >= 15 is 0 Å². The van der Waals surface area contributed by atoms with Gasteiger partial charge >= 0.3 is 6.03 Å². The summed E-state index contributed by atoms with van der Waals surface area (Å²) in [5.41, 5.74) is 2.97. The zero-order chi connectivity index (χ0) is 15.8. The van der Waals surface area contributed by atoms with Crippen molar-refractivity contribution in [2.75, 3.05) is 23.8 Å². The molecule has 2 amide bonds. The van der Waals surface area contributed by atoms with E-state index in [0.29, 0.717) is 6.54 Å². The maximum Gasteiger partial charge on any atom is 0.319 e. The van der Waals surface area contributed by atoms with Gasteiger partial charge in [0.15, 0.2) is 0 Å². The third-order valence-corrected chi connectivity index (χ3v) is 3.23. The molecule has 4 nitrogen and oxygen atoms in total. The third kappa shape index (κ3) is 4.38. The Morgan fingerprint density at radius 3 is 2.55 bits per heavy atom. The summed E-state index contributed by atoms with van der Waals surface area (Å²) in [6, 6.07) is 17.7. The number of para-hydroxylation sites is 2. The number of anilines is 2. The third-order valence-electron chi connectivity index (χ3n) is 3.23. The van der Waals surface area contributed by atoms with Crippen LogP contribution >= 0.6 is 0 Å². The zero-order valence-electron chi connectivity index (χ0n) is 12.8. The molecular weight excluding hydrogens is 274 g/mol. The van der Waals surface area contributed by atoms with Gasteiger partial charge in [-0.2, -0.15) is 0 Å². The summed E-state index contributed by atoms with van der Waals surface area (Å²) in [6.07, 6.45) is 1.65. The topological polar surface area (TPSA) is 44.4 Å². The molecule has 0 aliphatic carbocycles. The van der Waals surface area contributed by atoms with Crippen LogP contribution < -0.4 is 15.5 Å². The molecule has 0 atom stereocenters. The first-order valence-corrected chi connectivity index (χ1v) is 7.20. The van der Waals surface area contributed by atoms with Crippen molar-refractivity contribution < 1.29 is 4.79 Å². The van der Waals surface area contributed by atoms with Crippen LogP contribution in [0.4, 0.5) is 16.2 Å². The number of benzene rings is 2. The second-order valence-electron chi connectivity index (χ2n) is 4.98. The van der Waals surface area contributed by atoms with Crippen molar-refractivity contribution in [2.24, 2.45) is 0 Å². The molecule has 2 aromatic carbocycles. The van der Waals surface area contributed by atoms with Gasteiger partial charge in [-0.25, -0.2) is 4.79 Å². The van der Waals surface area contributed by atoms with Crippen LogP contribution in [-0.2, 0) is 6.54 Å². The maximum atomic E-state index is 11.8. The number of nitrogens with one attached hydrogen (secondary N) is 2. The van der Waals surface area contributed by atoms with E-state index in [9.17, 15) is 4.79 Å². The molecule has 0 radical (unpaired) electrons. The van der Waals surface area contributed by atoms with Gasteiger partial charge in [-0.15, -0.1) is 6.58 Å². The lowest BCUT2D eigenvalue weighted by Gasteiger charge is -2.22. The summed E-state index contributed by atoms with van der Waals surface area (Å²) < 4.78 is 0. The minimum atomic E-state index is -0.236. The van der Waals surface area contributed by atoms with Crippen molar-refractivity contribution >= 4 is 17.4 Å². The molecule has 0 aliphatic rings. The smallest absolute Gasteiger partial charge is 0.319 e. The maximum absolute atomic E-state index is 11.8. The van der Waals surface area contributed by atoms with Gasteiger partial charge in [0.2, 0.25) is 0 Å². The number of amides is 2. The lowest BCUT2D eigenvalue weighted by atomic mass is 10.2. The van der Waals surface area contributed by atoms with Crippen LogP contribution in [0.5, 0.6) is 0 Å². The number of urea groups is 1. The molecule has 0 saturated carbocycles. The van der Waals surface area contributed by atoms with Crippen molar-refractivity contribution in [2.45, 2.75) is 6.54 Å².